The predicted octanol–water partition coefficient (Wildman–Crippen LogP) is 2.15. The summed E-state index contributed by atoms with van der Waals surface area (Å²) in [6.07, 6.45) is 4.47. The van der Waals surface area contributed by atoms with Gasteiger partial charge in [-0.25, -0.2) is 0 Å². The molecule has 2 heterocycles. The number of hydrogen-bond acceptors (Lipinski definition) is 5. The third-order valence-corrected chi connectivity index (χ3v) is 10.2. The van der Waals surface area contributed by atoms with E-state index in [1.165, 1.54) is 8.99 Å². The van der Waals surface area contributed by atoms with E-state index in [0.717, 1.165) is 19.5 Å². The summed E-state index contributed by atoms with van der Waals surface area (Å²) in [7, 11) is -1.75. The first-order valence-corrected chi connectivity index (χ1v) is 13.3. The molecule has 32 heavy (non-hydrogen) atoms. The van der Waals surface area contributed by atoms with E-state index in [4.69, 9.17) is 4.74 Å². The second kappa shape index (κ2) is 9.41. The van der Waals surface area contributed by atoms with Gasteiger partial charge >= 0.3 is 5.56 Å². The SMILES string of the molecule is CC(C)S(C)(O)[NH+]1CCN(c2cnn(-c3ccccc3)c(=O)c2OCC2CC2CF)CC1. The highest BCUT2D eigenvalue weighted by atomic mass is 32.3. The van der Waals surface area contributed by atoms with E-state index < -0.39 is 10.5 Å². The van der Waals surface area contributed by atoms with Crippen molar-refractivity contribution in [2.24, 2.45) is 11.8 Å². The normalized spacial score (nSPS) is 24.2. The zero-order valence-corrected chi connectivity index (χ0v) is 19.9. The summed E-state index contributed by atoms with van der Waals surface area (Å²) in [5.74, 6) is 0.487. The van der Waals surface area contributed by atoms with Gasteiger partial charge in [0.15, 0.2) is 0 Å². The van der Waals surface area contributed by atoms with Crippen LogP contribution in [0.5, 0.6) is 5.75 Å². The molecular weight excluding hydrogens is 431 g/mol. The number of para-hydroxylation sites is 1. The number of anilines is 1. The third-order valence-electron chi connectivity index (χ3n) is 6.79. The van der Waals surface area contributed by atoms with Crippen LogP contribution in [-0.2, 0) is 0 Å². The van der Waals surface area contributed by atoms with E-state index in [1.54, 1.807) is 6.20 Å². The Balaban J connectivity index is 1.58. The summed E-state index contributed by atoms with van der Waals surface area (Å²) in [5, 5.41) is 4.65. The molecule has 1 aliphatic carbocycles. The fourth-order valence-corrected chi connectivity index (χ4v) is 5.86. The highest BCUT2D eigenvalue weighted by molar-refractivity contribution is 8.23. The van der Waals surface area contributed by atoms with Crippen LogP contribution in [0.2, 0.25) is 0 Å². The first-order valence-electron chi connectivity index (χ1n) is 11.3. The van der Waals surface area contributed by atoms with Gasteiger partial charge in [-0.05, 0) is 44.2 Å². The molecule has 0 bridgehead atoms. The largest absolute Gasteiger partial charge is 0.486 e. The lowest BCUT2D eigenvalue weighted by Gasteiger charge is -2.45. The van der Waals surface area contributed by atoms with Gasteiger partial charge in [0.25, 0.3) is 0 Å². The van der Waals surface area contributed by atoms with Crippen LogP contribution in [0.25, 0.3) is 5.69 Å². The molecule has 3 atom stereocenters. The Morgan fingerprint density at radius 1 is 1.25 bits per heavy atom. The molecule has 1 aromatic heterocycles. The van der Waals surface area contributed by atoms with Gasteiger partial charge in [-0.15, -0.1) is 0 Å². The third kappa shape index (κ3) is 4.65. The number of halogens is 1. The molecule has 7 nitrogen and oxygen atoms in total. The minimum absolute atomic E-state index is 0.0463. The van der Waals surface area contributed by atoms with Crippen LogP contribution in [0.4, 0.5) is 10.1 Å². The molecule has 176 valence electrons. The van der Waals surface area contributed by atoms with Gasteiger partial charge in [0.2, 0.25) is 5.75 Å². The lowest BCUT2D eigenvalue weighted by atomic mass is 10.3. The minimum Gasteiger partial charge on any atom is -0.486 e. The van der Waals surface area contributed by atoms with E-state index in [2.05, 4.69) is 23.8 Å². The zero-order chi connectivity index (χ0) is 22.9. The number of alkyl halides is 1. The van der Waals surface area contributed by atoms with Crippen LogP contribution in [-0.4, -0.2) is 65.3 Å². The predicted molar refractivity (Wildman–Crippen MR) is 127 cm³/mol. The smallest absolute Gasteiger partial charge is 0.316 e. The van der Waals surface area contributed by atoms with Gasteiger partial charge in [-0.1, -0.05) is 18.2 Å². The van der Waals surface area contributed by atoms with E-state index in [9.17, 15) is 13.7 Å². The Hall–Kier alpha value is -2.10. The Kier molecular flexibility index (Phi) is 6.78. The molecule has 1 aromatic carbocycles. The van der Waals surface area contributed by atoms with Crippen molar-refractivity contribution < 1.29 is 18.0 Å². The number of nitrogens with zero attached hydrogens (tertiary/aromatic N) is 3. The first kappa shape index (κ1) is 23.1. The maximum Gasteiger partial charge on any atom is 0.316 e. The lowest BCUT2D eigenvalue weighted by Crippen LogP contribution is -3.14. The van der Waals surface area contributed by atoms with E-state index >= 15 is 0 Å². The molecule has 2 N–H and O–H groups in total. The number of piperazine rings is 1. The first-order chi connectivity index (χ1) is 15.3. The quantitative estimate of drug-likeness (QED) is 0.625. The van der Waals surface area contributed by atoms with Crippen LogP contribution < -0.4 is 19.5 Å². The molecule has 0 spiro atoms. The van der Waals surface area contributed by atoms with Crippen LogP contribution in [0.15, 0.2) is 41.3 Å². The average molecular weight is 466 g/mol. The van der Waals surface area contributed by atoms with Gasteiger partial charge in [-0.2, -0.15) is 9.78 Å². The molecule has 1 saturated heterocycles. The minimum atomic E-state index is -1.75. The number of rotatable bonds is 8. The van der Waals surface area contributed by atoms with Crippen molar-refractivity contribution in [1.82, 2.24) is 9.78 Å². The highest BCUT2D eigenvalue weighted by Crippen LogP contribution is 2.39. The van der Waals surface area contributed by atoms with E-state index in [0.29, 0.717) is 31.1 Å². The summed E-state index contributed by atoms with van der Waals surface area (Å²) in [4.78, 5) is 15.5. The standard InChI is InChI=1S/C23H33FN4O3S/c1-17(2)32(3,30)27-11-9-26(10-12-27)21-15-25-28(20-7-5-4-6-8-20)23(29)22(21)31-16-19-13-18(19)14-24/h4-8,15,17-19,30H,9-14,16H2,1-3H3/p+1. The van der Waals surface area contributed by atoms with Crippen molar-refractivity contribution in [2.45, 2.75) is 25.5 Å². The molecule has 2 fully saturated rings. The second-order valence-electron chi connectivity index (χ2n) is 9.14. The summed E-state index contributed by atoms with van der Waals surface area (Å²) < 4.78 is 32.5. The average Bonchev–Trinajstić information content (AvgIpc) is 3.57. The monoisotopic (exact) mass is 465 g/mol. The van der Waals surface area contributed by atoms with Crippen molar-refractivity contribution in [3.8, 4) is 11.4 Å². The lowest BCUT2D eigenvalue weighted by molar-refractivity contribution is -0.769. The van der Waals surface area contributed by atoms with Crippen molar-refractivity contribution in [3.63, 3.8) is 0 Å². The van der Waals surface area contributed by atoms with Crippen molar-refractivity contribution >= 4 is 16.2 Å². The number of quaternary nitrogens is 1. The molecular formula is C23H34FN4O3S+. The van der Waals surface area contributed by atoms with Gasteiger partial charge in [0.1, 0.15) is 18.8 Å². The number of nitrogens with one attached hydrogen (secondary N) is 1. The van der Waals surface area contributed by atoms with Crippen LogP contribution >= 0.6 is 10.5 Å². The Bertz CT molecular complexity index is 977. The summed E-state index contributed by atoms with van der Waals surface area (Å²) in [6.45, 7) is 7.11. The van der Waals surface area contributed by atoms with Crippen LogP contribution in [0.3, 0.4) is 0 Å². The fourth-order valence-electron chi connectivity index (χ4n) is 4.18. The number of ether oxygens (including phenoxy) is 1. The van der Waals surface area contributed by atoms with Crippen LogP contribution in [0, 0.1) is 11.8 Å². The molecule has 9 heteroatoms. The maximum absolute atomic E-state index is 13.4. The molecule has 4 rings (SSSR count). The Morgan fingerprint density at radius 2 is 1.94 bits per heavy atom. The Morgan fingerprint density at radius 3 is 2.53 bits per heavy atom. The number of aromatic nitrogens is 2. The molecule has 0 amide bonds. The van der Waals surface area contributed by atoms with Gasteiger partial charge in [0, 0.05) is 16.8 Å². The molecule has 1 saturated carbocycles. The van der Waals surface area contributed by atoms with Crippen molar-refractivity contribution in [1.29, 1.82) is 0 Å². The van der Waals surface area contributed by atoms with Crippen molar-refractivity contribution in [2.75, 3.05) is 50.6 Å². The van der Waals surface area contributed by atoms with Gasteiger partial charge in [0.05, 0.1) is 43.5 Å². The Labute approximate surface area is 190 Å². The molecule has 3 unspecified atom stereocenters. The maximum atomic E-state index is 13.4. The number of benzene rings is 1. The molecule has 2 aliphatic rings. The molecule has 0 radical (unpaired) electrons. The highest BCUT2D eigenvalue weighted by Gasteiger charge is 2.39. The fraction of sp³-hybridized carbons (Fsp3) is 0.565. The second-order valence-corrected chi connectivity index (χ2v) is 12.5. The zero-order valence-electron chi connectivity index (χ0n) is 19.0. The molecule has 1 aliphatic heterocycles. The van der Waals surface area contributed by atoms with Crippen LogP contribution in [0.1, 0.15) is 20.3 Å². The van der Waals surface area contributed by atoms with Crippen molar-refractivity contribution in [3.05, 3.63) is 46.9 Å². The summed E-state index contributed by atoms with van der Waals surface area (Å²) in [5.41, 5.74) is 1.05. The topological polar surface area (TPSA) is 72.0 Å². The number of hydrogen-bond donors (Lipinski definition) is 2. The van der Waals surface area contributed by atoms with E-state index in [1.807, 2.05) is 36.6 Å². The van der Waals surface area contributed by atoms with Gasteiger partial charge in [-0.3, -0.25) is 13.5 Å². The molecule has 2 aromatic rings. The summed E-state index contributed by atoms with van der Waals surface area (Å²) in [6, 6.07) is 9.27. The summed E-state index contributed by atoms with van der Waals surface area (Å²) >= 11 is 0. The van der Waals surface area contributed by atoms with E-state index in [-0.39, 0.29) is 35.1 Å². The van der Waals surface area contributed by atoms with Gasteiger partial charge < -0.3 is 14.2 Å².